The maximum absolute atomic E-state index is 9.66. The van der Waals surface area contributed by atoms with Crippen LogP contribution in [0.3, 0.4) is 0 Å². The molecule has 0 N–H and O–H groups in total. The lowest BCUT2D eigenvalue weighted by Gasteiger charge is -2.08. The molecule has 4 heterocycles. The van der Waals surface area contributed by atoms with E-state index in [1.165, 1.54) is 10.6 Å². The average Bonchev–Trinajstić information content (AvgIpc) is 4.05. The first-order valence-electron chi connectivity index (χ1n) is 24.0. The van der Waals surface area contributed by atoms with Gasteiger partial charge in [0.05, 0.1) is 27.5 Å². The van der Waals surface area contributed by atoms with Crippen LogP contribution in [0.15, 0.2) is 191 Å². The van der Waals surface area contributed by atoms with Crippen LogP contribution in [0.5, 0.6) is 0 Å². The van der Waals surface area contributed by atoms with Crippen molar-refractivity contribution in [2.45, 2.75) is 0 Å². The number of furan rings is 2. The van der Waals surface area contributed by atoms with Crippen LogP contribution in [0.1, 0.15) is 16.4 Å². The number of rotatable bonds is 5. The highest BCUT2D eigenvalue weighted by atomic mass is 16.3. The summed E-state index contributed by atoms with van der Waals surface area (Å²) < 4.78 is 122. The number of aromatic nitrogens is 4. The summed E-state index contributed by atoms with van der Waals surface area (Å²) in [5, 5.41) is 1.38. The Balaban J connectivity index is 1.08. The van der Waals surface area contributed by atoms with E-state index >= 15 is 0 Å². The Hall–Kier alpha value is -7.83. The second-order valence-corrected chi connectivity index (χ2v) is 13.5. The van der Waals surface area contributed by atoms with E-state index in [0.29, 0.717) is 22.3 Å². The molecule has 6 heteroatoms. The maximum Gasteiger partial charge on any atom is 0.164 e. The quantitative estimate of drug-likeness (QED) is 0.176. The van der Waals surface area contributed by atoms with Gasteiger partial charge < -0.3 is 13.4 Å². The molecule has 0 atom stereocenters. The summed E-state index contributed by atoms with van der Waals surface area (Å²) in [6.45, 7) is 0. The van der Waals surface area contributed by atoms with Gasteiger partial charge in [-0.15, -0.1) is 0 Å². The summed E-state index contributed by atoms with van der Waals surface area (Å²) >= 11 is 0. The van der Waals surface area contributed by atoms with Crippen LogP contribution in [0.2, 0.25) is 0 Å². The number of nitrogens with zero attached hydrogens (tertiary/aromatic N) is 4. The number of fused-ring (bicyclic) bond motifs is 9. The van der Waals surface area contributed by atoms with E-state index in [2.05, 4.69) is 0 Å². The molecule has 0 aliphatic rings. The van der Waals surface area contributed by atoms with Gasteiger partial charge in [0, 0.05) is 54.7 Å². The van der Waals surface area contributed by atoms with Crippen LogP contribution < -0.4 is 0 Å². The molecule has 0 bridgehead atoms. The van der Waals surface area contributed by atoms with Crippen LogP contribution >= 0.6 is 0 Å². The minimum Gasteiger partial charge on any atom is -0.456 e. The molecule has 0 aliphatic heterocycles. The molecule has 12 rings (SSSR count). The predicted molar refractivity (Wildman–Crippen MR) is 230 cm³/mol. The fourth-order valence-corrected chi connectivity index (χ4v) is 7.42. The van der Waals surface area contributed by atoms with Gasteiger partial charge in [-0.25, -0.2) is 15.0 Å². The first kappa shape index (κ1) is 21.9. The third-order valence-electron chi connectivity index (χ3n) is 10.1. The van der Waals surface area contributed by atoms with Crippen LogP contribution in [0, 0.1) is 0 Å². The highest BCUT2D eigenvalue weighted by Gasteiger charge is 2.18. The standard InChI is InChI=1S/C51H30N4O2/c1-3-11-31(12-4-1)33-19-23-39-40-24-20-34(28-47(40)57-46(39)27-33)50-52-49(32-13-5-2-6-14-32)53-51(54-50)35-21-25-41-42-30-36(22-26-45(42)56-48(41)29-35)55-43-17-9-7-15-37(43)38-16-8-10-18-44(38)55/h1-30H/i7D,9D,10D,15D,16D,18D,21D,22D,25D,26D,29D,30D. The molecule has 8 aromatic carbocycles. The summed E-state index contributed by atoms with van der Waals surface area (Å²) in [6.07, 6.45) is 0. The van der Waals surface area contributed by atoms with E-state index in [0.717, 1.165) is 28.0 Å². The predicted octanol–water partition coefficient (Wildman–Crippen LogP) is 13.4. The van der Waals surface area contributed by atoms with E-state index in [1.54, 1.807) is 12.1 Å². The van der Waals surface area contributed by atoms with E-state index in [1.807, 2.05) is 84.9 Å². The molecule has 0 aliphatic carbocycles. The van der Waals surface area contributed by atoms with Crippen molar-refractivity contribution >= 4 is 65.7 Å². The normalized spacial score (nSPS) is 14.8. The van der Waals surface area contributed by atoms with E-state index in [-0.39, 0.29) is 90.6 Å². The fraction of sp³-hybridized carbons (Fsp3) is 0. The van der Waals surface area contributed by atoms with Gasteiger partial charge in [-0.05, 0) is 77.7 Å². The Labute approximate surface area is 342 Å². The fourth-order valence-electron chi connectivity index (χ4n) is 7.42. The lowest BCUT2D eigenvalue weighted by Crippen LogP contribution is -2.00. The van der Waals surface area contributed by atoms with Crippen molar-refractivity contribution in [3.8, 4) is 51.0 Å². The largest absolute Gasteiger partial charge is 0.456 e. The molecule has 0 saturated heterocycles. The molecule has 4 aromatic heterocycles. The summed E-state index contributed by atoms with van der Waals surface area (Å²) in [5.41, 5.74) is 3.13. The molecule has 266 valence electrons. The van der Waals surface area contributed by atoms with Gasteiger partial charge in [0.1, 0.15) is 22.3 Å². The first-order chi connectivity index (χ1) is 33.2. The summed E-state index contributed by atoms with van der Waals surface area (Å²) in [6, 6.07) is 27.5. The Morgan fingerprint density at radius 3 is 1.88 bits per heavy atom. The second-order valence-electron chi connectivity index (χ2n) is 13.5. The van der Waals surface area contributed by atoms with Gasteiger partial charge in [0.15, 0.2) is 17.5 Å². The van der Waals surface area contributed by atoms with E-state index in [9.17, 15) is 8.22 Å². The van der Waals surface area contributed by atoms with Crippen LogP contribution in [0.25, 0.3) is 117 Å². The minimum atomic E-state index is -0.600. The average molecular weight is 743 g/mol. The topological polar surface area (TPSA) is 69.9 Å². The molecule has 0 unspecified atom stereocenters. The Morgan fingerprint density at radius 1 is 0.386 bits per heavy atom. The van der Waals surface area contributed by atoms with Gasteiger partial charge in [-0.2, -0.15) is 0 Å². The molecule has 0 fully saturated rings. The van der Waals surface area contributed by atoms with Crippen molar-refractivity contribution in [3.05, 3.63) is 182 Å². The smallest absolute Gasteiger partial charge is 0.164 e. The van der Waals surface area contributed by atoms with Crippen LogP contribution in [-0.2, 0) is 0 Å². The zero-order chi connectivity index (χ0) is 47.9. The maximum atomic E-state index is 9.66. The number of para-hydroxylation sites is 2. The third-order valence-corrected chi connectivity index (χ3v) is 10.1. The van der Waals surface area contributed by atoms with Crippen molar-refractivity contribution < 1.29 is 25.3 Å². The molecule has 12 aromatic rings. The van der Waals surface area contributed by atoms with Gasteiger partial charge >= 0.3 is 0 Å². The second kappa shape index (κ2) is 12.3. The molecule has 0 amide bonds. The van der Waals surface area contributed by atoms with Gasteiger partial charge in [-0.1, -0.05) is 115 Å². The molecular weight excluding hydrogens is 701 g/mol. The zero-order valence-electron chi connectivity index (χ0n) is 41.5. The molecule has 0 radical (unpaired) electrons. The monoisotopic (exact) mass is 742 g/mol. The Morgan fingerprint density at radius 2 is 1.07 bits per heavy atom. The SMILES string of the molecule is [2H]c1cc2c(c([2H])c1[2H])c1c([2H])cc([2H])c([2H])c1n2-c1c([2H])c([2H])c2oc3c([2H])c(-c4nc(-c5ccccc5)nc(-c5ccc6c(c5)oc5cc(-c7ccccc7)ccc56)n4)c([2H])c([2H])c3c2c1[2H]. The molecular formula is C51H30N4O2. The van der Waals surface area contributed by atoms with Crippen molar-refractivity contribution in [2.24, 2.45) is 0 Å². The number of hydrogen-bond donors (Lipinski definition) is 0. The number of benzene rings is 8. The lowest BCUT2D eigenvalue weighted by molar-refractivity contribution is 0.668. The van der Waals surface area contributed by atoms with E-state index in [4.69, 9.17) is 32.0 Å². The lowest BCUT2D eigenvalue weighted by atomic mass is 10.0. The van der Waals surface area contributed by atoms with Crippen molar-refractivity contribution in [3.63, 3.8) is 0 Å². The van der Waals surface area contributed by atoms with Crippen molar-refractivity contribution in [2.75, 3.05) is 0 Å². The van der Waals surface area contributed by atoms with Gasteiger partial charge in [0.25, 0.3) is 0 Å². The zero-order valence-corrected chi connectivity index (χ0v) is 29.5. The van der Waals surface area contributed by atoms with Gasteiger partial charge in [-0.3, -0.25) is 0 Å². The molecule has 0 saturated carbocycles. The third kappa shape index (κ3) is 5.08. The minimum absolute atomic E-state index is 0.00979. The Kier molecular flexibility index (Phi) is 4.74. The van der Waals surface area contributed by atoms with Crippen molar-refractivity contribution in [1.82, 2.24) is 19.5 Å². The van der Waals surface area contributed by atoms with E-state index < -0.39 is 54.4 Å². The van der Waals surface area contributed by atoms with Gasteiger partial charge in [0.2, 0.25) is 0 Å². The van der Waals surface area contributed by atoms with Crippen LogP contribution in [-0.4, -0.2) is 19.5 Å². The highest BCUT2D eigenvalue weighted by Crippen LogP contribution is 2.38. The summed E-state index contributed by atoms with van der Waals surface area (Å²) in [4.78, 5) is 14.4. The van der Waals surface area contributed by atoms with Crippen LogP contribution in [0.4, 0.5) is 0 Å². The first-order valence-corrected chi connectivity index (χ1v) is 18.0. The van der Waals surface area contributed by atoms with Crippen molar-refractivity contribution in [1.29, 1.82) is 0 Å². The highest BCUT2D eigenvalue weighted by molar-refractivity contribution is 6.11. The summed E-state index contributed by atoms with van der Waals surface area (Å²) in [5.74, 6) is 0.268. The molecule has 0 spiro atoms. The number of hydrogen-bond acceptors (Lipinski definition) is 5. The molecule has 6 nitrogen and oxygen atoms in total. The molecule has 57 heavy (non-hydrogen) atoms. The Bertz CT molecular complexity index is 4230. The summed E-state index contributed by atoms with van der Waals surface area (Å²) in [7, 11) is 0.